The van der Waals surface area contributed by atoms with E-state index in [0.29, 0.717) is 17.5 Å². The standard InChI is InChI=1S/C46H28N4S/c1-3-13-32(14-4-1)44-48-45(33-15-5-2-6-16-33)50-46(49-44)34-26-27-37-39(28-34)47-42(41-38-19-9-10-21-40(38)51-43(37)41)31-24-22-30(23-25-31)36-20-11-17-29-12-7-8-18-35(29)36/h1-28H. The Labute approximate surface area is 298 Å². The topological polar surface area (TPSA) is 51.6 Å². The van der Waals surface area contributed by atoms with Crippen LogP contribution in [-0.2, 0) is 0 Å². The molecule has 0 spiro atoms. The minimum Gasteiger partial charge on any atom is -0.247 e. The lowest BCUT2D eigenvalue weighted by Crippen LogP contribution is -2.00. The van der Waals surface area contributed by atoms with E-state index >= 15 is 0 Å². The molecule has 0 aliphatic rings. The maximum atomic E-state index is 5.43. The first kappa shape index (κ1) is 29.4. The van der Waals surface area contributed by atoms with Crippen LogP contribution < -0.4 is 0 Å². The molecule has 0 atom stereocenters. The molecule has 0 fully saturated rings. The van der Waals surface area contributed by atoms with Crippen LogP contribution in [0.3, 0.4) is 0 Å². The number of thiophene rings is 1. The Kier molecular flexibility index (Phi) is 6.96. The minimum absolute atomic E-state index is 0.615. The van der Waals surface area contributed by atoms with Crippen molar-refractivity contribution in [3.63, 3.8) is 0 Å². The highest BCUT2D eigenvalue weighted by molar-refractivity contribution is 7.26. The average Bonchev–Trinajstić information content (AvgIpc) is 3.61. The summed E-state index contributed by atoms with van der Waals surface area (Å²) in [5.41, 5.74) is 8.15. The summed E-state index contributed by atoms with van der Waals surface area (Å²) < 4.78 is 2.48. The van der Waals surface area contributed by atoms with Crippen molar-refractivity contribution in [3.05, 3.63) is 170 Å². The third-order valence-corrected chi connectivity index (χ3v) is 10.7. The van der Waals surface area contributed by atoms with Crippen molar-refractivity contribution < 1.29 is 0 Å². The quantitative estimate of drug-likeness (QED) is 0.183. The summed E-state index contributed by atoms with van der Waals surface area (Å²) in [6.45, 7) is 0. The van der Waals surface area contributed by atoms with Crippen molar-refractivity contribution in [2.45, 2.75) is 0 Å². The van der Waals surface area contributed by atoms with Gasteiger partial charge in [-0.05, 0) is 34.0 Å². The molecule has 0 saturated carbocycles. The number of hydrogen-bond donors (Lipinski definition) is 0. The Bertz CT molecular complexity index is 2840. The Morgan fingerprint density at radius 3 is 1.67 bits per heavy atom. The second-order valence-corrected chi connectivity index (χ2v) is 13.7. The first-order chi connectivity index (χ1) is 25.3. The van der Waals surface area contributed by atoms with Gasteiger partial charge in [-0.2, -0.15) is 0 Å². The highest BCUT2D eigenvalue weighted by Gasteiger charge is 2.18. The molecular weight excluding hydrogens is 641 g/mol. The molecule has 4 nitrogen and oxygen atoms in total. The predicted octanol–water partition coefficient (Wildman–Crippen LogP) is 12.3. The zero-order valence-corrected chi connectivity index (χ0v) is 28.2. The molecular formula is C46H28N4S. The van der Waals surface area contributed by atoms with Crippen LogP contribution in [0.2, 0.25) is 0 Å². The van der Waals surface area contributed by atoms with Crippen LogP contribution in [0.15, 0.2) is 170 Å². The smallest absolute Gasteiger partial charge is 0.164 e. The van der Waals surface area contributed by atoms with Crippen molar-refractivity contribution >= 4 is 53.2 Å². The van der Waals surface area contributed by atoms with Gasteiger partial charge in [0.15, 0.2) is 17.5 Å². The van der Waals surface area contributed by atoms with Gasteiger partial charge in [0.25, 0.3) is 0 Å². The van der Waals surface area contributed by atoms with E-state index in [1.165, 1.54) is 42.1 Å². The Morgan fingerprint density at radius 1 is 0.373 bits per heavy atom. The van der Waals surface area contributed by atoms with E-state index in [2.05, 4.69) is 109 Å². The number of aromatic nitrogens is 4. The van der Waals surface area contributed by atoms with Gasteiger partial charge in [0.05, 0.1) is 11.2 Å². The molecule has 51 heavy (non-hydrogen) atoms. The lowest BCUT2D eigenvalue weighted by molar-refractivity contribution is 1.07. The van der Waals surface area contributed by atoms with Gasteiger partial charge in [0.2, 0.25) is 0 Å². The fraction of sp³-hybridized carbons (Fsp3) is 0. The molecule has 3 heterocycles. The summed E-state index contributed by atoms with van der Waals surface area (Å²) in [7, 11) is 0. The summed E-state index contributed by atoms with van der Waals surface area (Å²) >= 11 is 1.82. The number of rotatable bonds is 5. The second kappa shape index (κ2) is 12.1. The molecule has 0 amide bonds. The lowest BCUT2D eigenvalue weighted by Gasteiger charge is -2.12. The SMILES string of the molecule is c1ccc(-c2nc(-c3ccccc3)nc(-c3ccc4c(c3)nc(-c3ccc(-c5cccc6ccccc56)cc3)c3c5ccccc5sc43)n2)cc1. The molecule has 238 valence electrons. The molecule has 3 aromatic heterocycles. The van der Waals surface area contributed by atoms with E-state index in [4.69, 9.17) is 19.9 Å². The number of benzene rings is 7. The molecule has 5 heteroatoms. The molecule has 0 N–H and O–H groups in total. The largest absolute Gasteiger partial charge is 0.247 e. The van der Waals surface area contributed by atoms with Crippen LogP contribution in [0, 0.1) is 0 Å². The molecule has 7 aromatic carbocycles. The molecule has 0 unspecified atom stereocenters. The third kappa shape index (κ3) is 5.14. The van der Waals surface area contributed by atoms with Crippen LogP contribution in [-0.4, -0.2) is 19.9 Å². The molecule has 0 bridgehead atoms. The number of pyridine rings is 1. The molecule has 10 rings (SSSR count). The van der Waals surface area contributed by atoms with Gasteiger partial charge in [-0.3, -0.25) is 0 Å². The van der Waals surface area contributed by atoms with Crippen molar-refractivity contribution in [1.82, 2.24) is 19.9 Å². The van der Waals surface area contributed by atoms with Crippen LogP contribution in [0.4, 0.5) is 0 Å². The predicted molar refractivity (Wildman–Crippen MR) is 213 cm³/mol. The van der Waals surface area contributed by atoms with Gasteiger partial charge in [0.1, 0.15) is 0 Å². The van der Waals surface area contributed by atoms with Crippen molar-refractivity contribution in [3.8, 4) is 56.5 Å². The molecule has 10 aromatic rings. The molecule has 0 aliphatic heterocycles. The average molecular weight is 669 g/mol. The van der Waals surface area contributed by atoms with Gasteiger partial charge in [-0.1, -0.05) is 158 Å². The van der Waals surface area contributed by atoms with E-state index < -0.39 is 0 Å². The van der Waals surface area contributed by atoms with Crippen LogP contribution in [0.1, 0.15) is 0 Å². The molecule has 0 saturated heterocycles. The summed E-state index contributed by atoms with van der Waals surface area (Å²) in [4.78, 5) is 20.3. The maximum Gasteiger partial charge on any atom is 0.164 e. The van der Waals surface area contributed by atoms with Gasteiger partial charge < -0.3 is 0 Å². The van der Waals surface area contributed by atoms with Crippen molar-refractivity contribution in [1.29, 1.82) is 0 Å². The van der Waals surface area contributed by atoms with Crippen molar-refractivity contribution in [2.24, 2.45) is 0 Å². The summed E-state index contributed by atoms with van der Waals surface area (Å²) in [5.74, 6) is 1.89. The minimum atomic E-state index is 0.615. The third-order valence-electron chi connectivity index (χ3n) is 9.52. The van der Waals surface area contributed by atoms with Crippen LogP contribution >= 0.6 is 11.3 Å². The summed E-state index contributed by atoms with van der Waals surface area (Å²) in [6.07, 6.45) is 0. The monoisotopic (exact) mass is 668 g/mol. The zero-order valence-electron chi connectivity index (χ0n) is 27.4. The van der Waals surface area contributed by atoms with E-state index in [0.717, 1.165) is 38.9 Å². The normalized spacial score (nSPS) is 11.5. The lowest BCUT2D eigenvalue weighted by atomic mass is 9.96. The number of nitrogens with zero attached hydrogens (tertiary/aromatic N) is 4. The van der Waals surface area contributed by atoms with E-state index in [1.807, 2.05) is 72.0 Å². The van der Waals surface area contributed by atoms with Crippen LogP contribution in [0.25, 0.3) is 98.4 Å². The highest BCUT2D eigenvalue weighted by Crippen LogP contribution is 2.43. The number of hydrogen-bond acceptors (Lipinski definition) is 5. The Balaban J connectivity index is 1.16. The second-order valence-electron chi connectivity index (χ2n) is 12.6. The van der Waals surface area contributed by atoms with E-state index in [9.17, 15) is 0 Å². The summed E-state index contributed by atoms with van der Waals surface area (Å²) in [5, 5.41) is 6.02. The van der Waals surface area contributed by atoms with Gasteiger partial charge >= 0.3 is 0 Å². The Morgan fingerprint density at radius 2 is 0.941 bits per heavy atom. The number of fused-ring (bicyclic) bond motifs is 6. The van der Waals surface area contributed by atoms with Gasteiger partial charge in [-0.25, -0.2) is 19.9 Å². The van der Waals surface area contributed by atoms with Crippen LogP contribution in [0.5, 0.6) is 0 Å². The first-order valence-electron chi connectivity index (χ1n) is 17.0. The zero-order chi connectivity index (χ0) is 33.7. The fourth-order valence-corrected chi connectivity index (χ4v) is 8.27. The van der Waals surface area contributed by atoms with E-state index in [-0.39, 0.29) is 0 Å². The highest BCUT2D eigenvalue weighted by atomic mass is 32.1. The fourth-order valence-electron chi connectivity index (χ4n) is 7.03. The van der Waals surface area contributed by atoms with Crippen molar-refractivity contribution in [2.75, 3.05) is 0 Å². The Hall–Kier alpha value is -6.56. The first-order valence-corrected chi connectivity index (χ1v) is 17.8. The molecule has 0 radical (unpaired) electrons. The van der Waals surface area contributed by atoms with Gasteiger partial charge in [0, 0.05) is 47.8 Å². The molecule has 0 aliphatic carbocycles. The summed E-state index contributed by atoms with van der Waals surface area (Å²) in [6, 6.07) is 59.2. The van der Waals surface area contributed by atoms with Gasteiger partial charge in [-0.15, -0.1) is 11.3 Å². The van der Waals surface area contributed by atoms with E-state index in [1.54, 1.807) is 0 Å². The maximum absolute atomic E-state index is 5.43.